The van der Waals surface area contributed by atoms with E-state index in [1.54, 1.807) is 0 Å². The van der Waals surface area contributed by atoms with Gasteiger partial charge in [-0.15, -0.1) is 0 Å². The van der Waals surface area contributed by atoms with Crippen LogP contribution in [0.1, 0.15) is 46.6 Å². The molecule has 2 aromatic rings. The molecule has 0 aliphatic heterocycles. The van der Waals surface area contributed by atoms with Crippen LogP contribution in [0.5, 0.6) is 0 Å². The van der Waals surface area contributed by atoms with Gasteiger partial charge in [0.25, 0.3) is 0 Å². The highest BCUT2D eigenvalue weighted by molar-refractivity contribution is 6.32. The van der Waals surface area contributed by atoms with Crippen molar-refractivity contribution in [3.63, 3.8) is 0 Å². The van der Waals surface area contributed by atoms with Crippen LogP contribution in [-0.2, 0) is 6.42 Å². The first-order valence-corrected chi connectivity index (χ1v) is 9.44. The monoisotopic (exact) mass is 365 g/mol. The summed E-state index contributed by atoms with van der Waals surface area (Å²) in [4.78, 5) is 4.54. The van der Waals surface area contributed by atoms with Crippen LogP contribution in [0.15, 0.2) is 82.1 Å². The molecule has 1 heterocycles. The van der Waals surface area contributed by atoms with Gasteiger partial charge in [0.1, 0.15) is 0 Å². The van der Waals surface area contributed by atoms with Crippen LogP contribution in [0.2, 0.25) is 0 Å². The van der Waals surface area contributed by atoms with Gasteiger partial charge in [0, 0.05) is 16.6 Å². The molecular weight excluding hydrogens is 338 g/mol. The van der Waals surface area contributed by atoms with Gasteiger partial charge in [-0.25, -0.2) is 0 Å². The fraction of sp³-hybridized carbons (Fsp3) is 0.292. The second-order valence-electron chi connectivity index (χ2n) is 7.02. The molecule has 0 N–H and O–H groups in total. The lowest BCUT2D eigenvalue weighted by molar-refractivity contribution is 1.08. The number of benzene rings is 1. The maximum absolute atomic E-state index is 6.64. The molecule has 2 heteroatoms. The normalized spacial score (nSPS) is 12.8. The number of hydrogen-bond donors (Lipinski definition) is 0. The van der Waals surface area contributed by atoms with Gasteiger partial charge in [-0.3, -0.25) is 4.98 Å². The van der Waals surface area contributed by atoms with Crippen molar-refractivity contribution in [1.29, 1.82) is 0 Å². The summed E-state index contributed by atoms with van der Waals surface area (Å²) < 4.78 is 0. The largest absolute Gasteiger partial charge is 0.256 e. The van der Waals surface area contributed by atoms with Crippen LogP contribution in [0.4, 0.5) is 0 Å². The molecule has 0 unspecified atom stereocenters. The summed E-state index contributed by atoms with van der Waals surface area (Å²) in [5, 5.41) is 2.02. The van der Waals surface area contributed by atoms with Crippen LogP contribution >= 0.6 is 11.6 Å². The number of para-hydroxylation sites is 1. The van der Waals surface area contributed by atoms with Crippen LogP contribution in [0.25, 0.3) is 10.9 Å². The van der Waals surface area contributed by atoms with E-state index in [0.29, 0.717) is 0 Å². The van der Waals surface area contributed by atoms with E-state index in [1.165, 1.54) is 16.7 Å². The molecule has 0 spiro atoms. The second kappa shape index (κ2) is 9.00. The highest BCUT2D eigenvalue weighted by Crippen LogP contribution is 2.30. The Hall–Kier alpha value is -2.12. The molecule has 0 atom stereocenters. The van der Waals surface area contributed by atoms with E-state index in [9.17, 15) is 0 Å². The lowest BCUT2D eigenvalue weighted by Gasteiger charge is -2.14. The van der Waals surface area contributed by atoms with E-state index < -0.39 is 0 Å². The molecule has 0 saturated carbocycles. The summed E-state index contributed by atoms with van der Waals surface area (Å²) in [6.07, 6.45) is 5.81. The van der Waals surface area contributed by atoms with Gasteiger partial charge >= 0.3 is 0 Å². The van der Waals surface area contributed by atoms with Crippen molar-refractivity contribution in [3.8, 4) is 0 Å². The van der Waals surface area contributed by atoms with Crippen molar-refractivity contribution in [2.24, 2.45) is 0 Å². The van der Waals surface area contributed by atoms with Gasteiger partial charge < -0.3 is 0 Å². The molecule has 136 valence electrons. The van der Waals surface area contributed by atoms with E-state index >= 15 is 0 Å². The number of pyridine rings is 1. The Balaban J connectivity index is 2.26. The average molecular weight is 366 g/mol. The standard InChI is InChI=1S/C24H28ClN/c1-7-18(5)24(25)23(16(2)3)19(6)12-17(4)13-20-14-21-10-8-9-11-22(21)26-15-20/h8-12,14-15H,4,7,13H2,1-3,5-6H3/b19-12-,24-18-. The quantitative estimate of drug-likeness (QED) is 0.482. The highest BCUT2D eigenvalue weighted by Gasteiger charge is 2.10. The number of nitrogens with zero attached hydrogens (tertiary/aromatic N) is 1. The summed E-state index contributed by atoms with van der Waals surface area (Å²) in [5.41, 5.74) is 7.95. The van der Waals surface area contributed by atoms with Crippen LogP contribution < -0.4 is 0 Å². The third kappa shape index (κ3) is 4.95. The zero-order chi connectivity index (χ0) is 19.3. The number of rotatable bonds is 6. The summed E-state index contributed by atoms with van der Waals surface area (Å²) in [5.74, 6) is 0. The smallest absolute Gasteiger partial charge is 0.0702 e. The van der Waals surface area contributed by atoms with E-state index in [0.717, 1.165) is 45.5 Å². The minimum absolute atomic E-state index is 0.777. The molecule has 1 nitrogen and oxygen atoms in total. The van der Waals surface area contributed by atoms with Crippen LogP contribution in [0, 0.1) is 0 Å². The van der Waals surface area contributed by atoms with E-state index in [2.05, 4.69) is 64.4 Å². The zero-order valence-electron chi connectivity index (χ0n) is 16.5. The van der Waals surface area contributed by atoms with Gasteiger partial charge in [0.2, 0.25) is 0 Å². The molecule has 2 rings (SSSR count). The first-order chi connectivity index (χ1) is 12.3. The van der Waals surface area contributed by atoms with Gasteiger partial charge in [-0.05, 0) is 69.4 Å². The number of fused-ring (bicyclic) bond motifs is 1. The third-order valence-electron chi connectivity index (χ3n) is 4.52. The van der Waals surface area contributed by atoms with Crippen molar-refractivity contribution in [1.82, 2.24) is 4.98 Å². The first kappa shape index (κ1) is 20.2. The Morgan fingerprint density at radius 1 is 1.15 bits per heavy atom. The summed E-state index contributed by atoms with van der Waals surface area (Å²) >= 11 is 6.64. The average Bonchev–Trinajstić information content (AvgIpc) is 2.60. The Morgan fingerprint density at radius 3 is 2.50 bits per heavy atom. The fourth-order valence-electron chi connectivity index (χ4n) is 3.06. The predicted molar refractivity (Wildman–Crippen MR) is 116 cm³/mol. The minimum atomic E-state index is 0.777. The Kier molecular flexibility index (Phi) is 6.99. The zero-order valence-corrected chi connectivity index (χ0v) is 17.2. The third-order valence-corrected chi connectivity index (χ3v) is 5.03. The van der Waals surface area contributed by atoms with Crippen molar-refractivity contribution in [3.05, 3.63) is 87.6 Å². The molecule has 26 heavy (non-hydrogen) atoms. The van der Waals surface area contributed by atoms with Crippen molar-refractivity contribution in [2.75, 3.05) is 0 Å². The molecule has 0 saturated heterocycles. The van der Waals surface area contributed by atoms with Crippen molar-refractivity contribution < 1.29 is 0 Å². The summed E-state index contributed by atoms with van der Waals surface area (Å²) in [6.45, 7) is 14.8. The minimum Gasteiger partial charge on any atom is -0.256 e. The van der Waals surface area contributed by atoms with Gasteiger partial charge in [-0.2, -0.15) is 0 Å². The van der Waals surface area contributed by atoms with Gasteiger partial charge in [0.05, 0.1) is 5.52 Å². The SMILES string of the molecule is C=C(/C=C(/C)C(=C(C)C)/C(Cl)=C(\C)CC)Cc1cnc2ccccc2c1. The molecule has 0 aliphatic carbocycles. The highest BCUT2D eigenvalue weighted by atomic mass is 35.5. The van der Waals surface area contributed by atoms with Gasteiger partial charge in [-0.1, -0.05) is 66.1 Å². The molecule has 0 amide bonds. The van der Waals surface area contributed by atoms with E-state index in [-0.39, 0.29) is 0 Å². The topological polar surface area (TPSA) is 12.9 Å². The van der Waals surface area contributed by atoms with Gasteiger partial charge in [0.15, 0.2) is 0 Å². The fourth-order valence-corrected chi connectivity index (χ4v) is 3.53. The molecule has 1 aromatic carbocycles. The van der Waals surface area contributed by atoms with Crippen molar-refractivity contribution in [2.45, 2.75) is 47.5 Å². The lowest BCUT2D eigenvalue weighted by atomic mass is 9.96. The van der Waals surface area contributed by atoms with Crippen LogP contribution in [-0.4, -0.2) is 4.98 Å². The maximum Gasteiger partial charge on any atom is 0.0702 e. The molecule has 1 aromatic heterocycles. The second-order valence-corrected chi connectivity index (χ2v) is 7.40. The predicted octanol–water partition coefficient (Wildman–Crippen LogP) is 7.54. The molecule has 0 fully saturated rings. The number of hydrogen-bond acceptors (Lipinski definition) is 1. The van der Waals surface area contributed by atoms with E-state index in [4.69, 9.17) is 11.6 Å². The molecule has 0 bridgehead atoms. The van der Waals surface area contributed by atoms with Crippen LogP contribution in [0.3, 0.4) is 0 Å². The Bertz CT molecular complexity index is 909. The number of halogens is 1. The maximum atomic E-state index is 6.64. The molecular formula is C24H28ClN. The lowest BCUT2D eigenvalue weighted by Crippen LogP contribution is -1.95. The van der Waals surface area contributed by atoms with Crippen molar-refractivity contribution >= 4 is 22.5 Å². The Labute approximate surface area is 162 Å². The molecule has 0 radical (unpaired) electrons. The van der Waals surface area contributed by atoms with E-state index in [1.807, 2.05) is 24.4 Å². The molecule has 0 aliphatic rings. The summed E-state index contributed by atoms with van der Waals surface area (Å²) in [6, 6.07) is 10.4. The summed E-state index contributed by atoms with van der Waals surface area (Å²) in [7, 11) is 0. The number of aromatic nitrogens is 1. The number of allylic oxidation sites excluding steroid dienone is 7. The Morgan fingerprint density at radius 2 is 1.85 bits per heavy atom. The first-order valence-electron chi connectivity index (χ1n) is 9.06.